The molecule has 16 heavy (non-hydrogen) atoms. The van der Waals surface area contributed by atoms with Crippen molar-refractivity contribution in [2.45, 2.75) is 38.1 Å². The van der Waals surface area contributed by atoms with Crippen molar-refractivity contribution in [3.8, 4) is 6.07 Å². The van der Waals surface area contributed by atoms with Gasteiger partial charge in [0.2, 0.25) is 5.91 Å². The third-order valence-electron chi connectivity index (χ3n) is 3.71. The minimum absolute atomic E-state index is 0.127. The topological polar surface area (TPSA) is 56.1 Å². The van der Waals surface area contributed by atoms with Crippen molar-refractivity contribution >= 4 is 5.91 Å². The summed E-state index contributed by atoms with van der Waals surface area (Å²) in [4.78, 5) is 13.8. The molecule has 0 bridgehead atoms. The van der Waals surface area contributed by atoms with Gasteiger partial charge in [-0.2, -0.15) is 5.26 Å². The van der Waals surface area contributed by atoms with Gasteiger partial charge in [0.05, 0.1) is 6.07 Å². The van der Waals surface area contributed by atoms with Crippen LogP contribution in [0, 0.1) is 17.2 Å². The molecule has 1 saturated carbocycles. The highest BCUT2D eigenvalue weighted by atomic mass is 16.1. The van der Waals surface area contributed by atoms with Crippen LogP contribution in [0.5, 0.6) is 0 Å². The number of amides is 1. The van der Waals surface area contributed by atoms with Crippen LogP contribution < -0.4 is 5.32 Å². The number of nitrogens with zero attached hydrogens (tertiary/aromatic N) is 2. The van der Waals surface area contributed by atoms with Crippen LogP contribution in [-0.4, -0.2) is 37.0 Å². The maximum atomic E-state index is 11.7. The summed E-state index contributed by atoms with van der Waals surface area (Å²) in [6, 6.07) is 2.03. The van der Waals surface area contributed by atoms with Crippen LogP contribution in [0.2, 0.25) is 0 Å². The summed E-state index contributed by atoms with van der Waals surface area (Å²) in [7, 11) is 4.10. The van der Waals surface area contributed by atoms with Crippen molar-refractivity contribution in [2.24, 2.45) is 5.92 Å². The first-order chi connectivity index (χ1) is 7.55. The first kappa shape index (κ1) is 13.0. The lowest BCUT2D eigenvalue weighted by atomic mass is 9.75. The molecule has 1 aliphatic carbocycles. The lowest BCUT2D eigenvalue weighted by Gasteiger charge is -2.47. The van der Waals surface area contributed by atoms with E-state index in [1.807, 2.05) is 27.1 Å². The largest absolute Gasteiger partial charge is 0.353 e. The van der Waals surface area contributed by atoms with Crippen molar-refractivity contribution in [2.75, 3.05) is 20.6 Å². The average molecular weight is 223 g/mol. The summed E-state index contributed by atoms with van der Waals surface area (Å²) < 4.78 is 0. The third-order valence-corrected chi connectivity index (χ3v) is 3.71. The third kappa shape index (κ3) is 2.53. The highest BCUT2D eigenvalue weighted by Crippen LogP contribution is 2.35. The van der Waals surface area contributed by atoms with E-state index >= 15 is 0 Å². The van der Waals surface area contributed by atoms with Gasteiger partial charge in [0.1, 0.15) is 5.92 Å². The molecular weight excluding hydrogens is 202 g/mol. The van der Waals surface area contributed by atoms with Gasteiger partial charge in [-0.25, -0.2) is 0 Å². The molecule has 0 radical (unpaired) electrons. The standard InChI is InChI=1S/C12H21N3O/c1-4-10(8-13)11(16)14-9-12(15(2)3)6-5-7-12/h10H,4-7,9H2,1-3H3,(H,14,16). The molecule has 1 atom stereocenters. The Morgan fingerprint density at radius 1 is 1.56 bits per heavy atom. The second kappa shape index (κ2) is 5.31. The summed E-state index contributed by atoms with van der Waals surface area (Å²) >= 11 is 0. The zero-order valence-corrected chi connectivity index (χ0v) is 10.4. The van der Waals surface area contributed by atoms with Gasteiger partial charge in [-0.1, -0.05) is 6.92 Å². The molecule has 0 aromatic heterocycles. The van der Waals surface area contributed by atoms with Crippen LogP contribution in [-0.2, 0) is 4.79 Å². The SMILES string of the molecule is CCC(C#N)C(=O)NCC1(N(C)C)CCC1. The molecule has 1 unspecified atom stereocenters. The molecule has 0 saturated heterocycles. The lowest BCUT2D eigenvalue weighted by molar-refractivity contribution is -0.124. The van der Waals surface area contributed by atoms with Crippen LogP contribution in [0.25, 0.3) is 0 Å². The summed E-state index contributed by atoms with van der Waals surface area (Å²) in [5.41, 5.74) is 0.128. The van der Waals surface area contributed by atoms with E-state index in [4.69, 9.17) is 5.26 Å². The molecule has 1 fully saturated rings. The fourth-order valence-corrected chi connectivity index (χ4v) is 2.08. The van der Waals surface area contributed by atoms with E-state index in [9.17, 15) is 4.79 Å². The molecule has 0 aromatic rings. The second-order valence-corrected chi connectivity index (χ2v) is 4.78. The molecule has 0 heterocycles. The smallest absolute Gasteiger partial charge is 0.237 e. The Hall–Kier alpha value is -1.08. The van der Waals surface area contributed by atoms with E-state index in [-0.39, 0.29) is 11.4 Å². The first-order valence-corrected chi connectivity index (χ1v) is 5.90. The number of nitriles is 1. The minimum atomic E-state index is -0.501. The van der Waals surface area contributed by atoms with Crippen molar-refractivity contribution in [3.05, 3.63) is 0 Å². The van der Waals surface area contributed by atoms with Gasteiger partial charge in [0.25, 0.3) is 0 Å². The quantitative estimate of drug-likeness (QED) is 0.760. The zero-order chi connectivity index (χ0) is 12.2. The Kier molecular flexibility index (Phi) is 4.31. The Morgan fingerprint density at radius 2 is 2.19 bits per heavy atom. The maximum absolute atomic E-state index is 11.7. The number of likely N-dealkylation sites (N-methyl/N-ethyl adjacent to an activating group) is 1. The zero-order valence-electron chi connectivity index (χ0n) is 10.4. The fraction of sp³-hybridized carbons (Fsp3) is 0.833. The maximum Gasteiger partial charge on any atom is 0.237 e. The molecule has 0 aliphatic heterocycles. The molecule has 0 spiro atoms. The molecule has 4 nitrogen and oxygen atoms in total. The van der Waals surface area contributed by atoms with E-state index in [2.05, 4.69) is 10.2 Å². The number of carbonyl (C=O) groups excluding carboxylic acids is 1. The molecule has 1 aliphatic rings. The minimum Gasteiger partial charge on any atom is -0.353 e. The number of carbonyl (C=O) groups is 1. The Morgan fingerprint density at radius 3 is 2.50 bits per heavy atom. The van der Waals surface area contributed by atoms with Crippen LogP contribution in [0.1, 0.15) is 32.6 Å². The molecule has 1 amide bonds. The van der Waals surface area contributed by atoms with Gasteiger partial charge in [0, 0.05) is 12.1 Å². The summed E-state index contributed by atoms with van der Waals surface area (Å²) in [5.74, 6) is -0.627. The molecule has 0 aromatic carbocycles. The van der Waals surface area contributed by atoms with Gasteiger partial charge >= 0.3 is 0 Å². The monoisotopic (exact) mass is 223 g/mol. The Labute approximate surface area is 97.6 Å². The summed E-state index contributed by atoms with van der Waals surface area (Å²) in [5, 5.41) is 11.7. The summed E-state index contributed by atoms with van der Waals surface area (Å²) in [6.45, 7) is 2.52. The molecular formula is C12H21N3O. The number of hydrogen-bond acceptors (Lipinski definition) is 3. The predicted octanol–water partition coefficient (Wildman–Crippen LogP) is 1.14. The van der Waals surface area contributed by atoms with Crippen LogP contribution in [0.15, 0.2) is 0 Å². The van der Waals surface area contributed by atoms with Crippen molar-refractivity contribution in [1.29, 1.82) is 5.26 Å². The van der Waals surface area contributed by atoms with E-state index in [1.54, 1.807) is 0 Å². The Bertz CT molecular complexity index is 289. The van der Waals surface area contributed by atoms with Crippen LogP contribution in [0.3, 0.4) is 0 Å². The number of hydrogen-bond donors (Lipinski definition) is 1. The van der Waals surface area contributed by atoms with Crippen LogP contribution in [0.4, 0.5) is 0 Å². The van der Waals surface area contributed by atoms with Gasteiger partial charge in [-0.3, -0.25) is 4.79 Å². The van der Waals surface area contributed by atoms with Crippen molar-refractivity contribution < 1.29 is 4.79 Å². The van der Waals surface area contributed by atoms with E-state index in [0.717, 1.165) is 12.8 Å². The number of rotatable bonds is 5. The average Bonchev–Trinajstić information content (AvgIpc) is 2.17. The Balaban J connectivity index is 2.45. The van der Waals surface area contributed by atoms with Gasteiger partial charge in [-0.05, 0) is 39.8 Å². The predicted molar refractivity (Wildman–Crippen MR) is 62.7 cm³/mol. The highest BCUT2D eigenvalue weighted by molar-refractivity contribution is 5.81. The molecule has 4 heteroatoms. The highest BCUT2D eigenvalue weighted by Gasteiger charge is 2.39. The molecule has 1 N–H and O–H groups in total. The molecule has 1 rings (SSSR count). The van der Waals surface area contributed by atoms with Crippen molar-refractivity contribution in [3.63, 3.8) is 0 Å². The lowest BCUT2D eigenvalue weighted by Crippen LogP contribution is -2.57. The normalized spacial score (nSPS) is 19.7. The second-order valence-electron chi connectivity index (χ2n) is 4.78. The van der Waals surface area contributed by atoms with E-state index in [0.29, 0.717) is 13.0 Å². The van der Waals surface area contributed by atoms with E-state index in [1.165, 1.54) is 6.42 Å². The summed E-state index contributed by atoms with van der Waals surface area (Å²) in [6.07, 6.45) is 4.06. The van der Waals surface area contributed by atoms with Crippen LogP contribution >= 0.6 is 0 Å². The van der Waals surface area contributed by atoms with Crippen molar-refractivity contribution in [1.82, 2.24) is 10.2 Å². The number of nitrogens with one attached hydrogen (secondary N) is 1. The van der Waals surface area contributed by atoms with Gasteiger partial charge in [0.15, 0.2) is 0 Å². The molecule has 90 valence electrons. The van der Waals surface area contributed by atoms with E-state index < -0.39 is 5.92 Å². The first-order valence-electron chi connectivity index (χ1n) is 5.90. The van der Waals surface area contributed by atoms with Gasteiger partial charge in [-0.15, -0.1) is 0 Å². The van der Waals surface area contributed by atoms with Gasteiger partial charge < -0.3 is 10.2 Å². The fourth-order valence-electron chi connectivity index (χ4n) is 2.08.